The SMILES string of the molecule is CC(C)(C)c1ccc(-c2ccccc2C(=O)NCC23CCC(C(=O)N[C@H](C(=O)NC4CCCCC4)c4ccccc4)(CC2)CC3)cc1. The fraction of sp³-hybridized carbons (Fsp3) is 0.488. The van der Waals surface area contributed by atoms with Gasteiger partial charge in [0.25, 0.3) is 5.91 Å². The zero-order valence-corrected chi connectivity index (χ0v) is 28.4. The standard InChI is InChI=1S/C41H51N3O3/c1-39(2,3)31-20-18-29(19-21-31)33-16-10-11-17-34(33)36(45)42-28-40-22-25-41(26-23-40,27-24-40)38(47)44-35(30-12-6-4-7-13-30)37(46)43-32-14-8-5-9-15-32/h4,6-7,10-13,16-21,32,35H,5,8-9,14-15,22-28H2,1-3H3,(H,42,45)(H,43,46)(H,44,47)/t35-,40?,41?/m0/s1. The van der Waals surface area contributed by atoms with Crippen molar-refractivity contribution in [2.75, 3.05) is 6.54 Å². The van der Waals surface area contributed by atoms with Crippen LogP contribution in [0, 0.1) is 10.8 Å². The largest absolute Gasteiger partial charge is 0.351 e. The lowest BCUT2D eigenvalue weighted by Gasteiger charge is -2.52. The van der Waals surface area contributed by atoms with Crippen molar-refractivity contribution in [3.8, 4) is 11.1 Å². The maximum absolute atomic E-state index is 14.0. The van der Waals surface area contributed by atoms with E-state index < -0.39 is 11.5 Å². The van der Waals surface area contributed by atoms with Crippen LogP contribution in [0.2, 0.25) is 0 Å². The molecule has 1 atom stereocenters. The monoisotopic (exact) mass is 633 g/mol. The van der Waals surface area contributed by atoms with Crippen molar-refractivity contribution in [2.45, 2.75) is 109 Å². The normalized spacial score (nSPS) is 23.5. The Hall–Kier alpha value is -3.93. The molecule has 7 rings (SSSR count). The van der Waals surface area contributed by atoms with Gasteiger partial charge in [0.2, 0.25) is 11.8 Å². The summed E-state index contributed by atoms with van der Waals surface area (Å²) in [5.74, 6) is -0.166. The summed E-state index contributed by atoms with van der Waals surface area (Å²) in [6.07, 6.45) is 10.5. The van der Waals surface area contributed by atoms with Crippen LogP contribution in [0.3, 0.4) is 0 Å². The highest BCUT2D eigenvalue weighted by Gasteiger charge is 2.52. The number of rotatable bonds is 9. The first-order valence-corrected chi connectivity index (χ1v) is 17.7. The van der Waals surface area contributed by atoms with Crippen molar-refractivity contribution < 1.29 is 14.4 Å². The van der Waals surface area contributed by atoms with Crippen LogP contribution < -0.4 is 16.0 Å². The lowest BCUT2D eigenvalue weighted by Crippen LogP contribution is -2.55. The molecule has 4 aliphatic carbocycles. The molecule has 4 fully saturated rings. The molecule has 6 nitrogen and oxygen atoms in total. The number of amides is 3. The summed E-state index contributed by atoms with van der Waals surface area (Å²) in [4.78, 5) is 41.2. The second-order valence-corrected chi connectivity index (χ2v) is 15.5. The van der Waals surface area contributed by atoms with Crippen molar-refractivity contribution in [1.82, 2.24) is 16.0 Å². The molecule has 47 heavy (non-hydrogen) atoms. The predicted octanol–water partition coefficient (Wildman–Crippen LogP) is 8.03. The van der Waals surface area contributed by atoms with Crippen molar-refractivity contribution >= 4 is 17.7 Å². The molecule has 0 heterocycles. The summed E-state index contributed by atoms with van der Waals surface area (Å²) in [5, 5.41) is 9.73. The highest BCUT2D eigenvalue weighted by Crippen LogP contribution is 2.57. The smallest absolute Gasteiger partial charge is 0.251 e. The quantitative estimate of drug-likeness (QED) is 0.223. The lowest BCUT2D eigenvalue weighted by molar-refractivity contribution is -0.143. The first kappa shape index (κ1) is 33.0. The lowest BCUT2D eigenvalue weighted by atomic mass is 9.53. The minimum absolute atomic E-state index is 0.00181. The van der Waals surface area contributed by atoms with Gasteiger partial charge in [-0.15, -0.1) is 0 Å². The average Bonchev–Trinajstić information content (AvgIpc) is 3.10. The van der Waals surface area contributed by atoms with E-state index in [9.17, 15) is 14.4 Å². The van der Waals surface area contributed by atoms with E-state index in [1.807, 2.05) is 54.6 Å². The van der Waals surface area contributed by atoms with Gasteiger partial charge in [-0.05, 0) is 90.5 Å². The van der Waals surface area contributed by atoms with Crippen molar-refractivity contribution in [2.24, 2.45) is 10.8 Å². The summed E-state index contributed by atoms with van der Waals surface area (Å²) >= 11 is 0. The van der Waals surface area contributed by atoms with Crippen molar-refractivity contribution in [1.29, 1.82) is 0 Å². The van der Waals surface area contributed by atoms with E-state index in [1.165, 1.54) is 12.0 Å². The maximum Gasteiger partial charge on any atom is 0.251 e. The summed E-state index contributed by atoms with van der Waals surface area (Å²) in [7, 11) is 0. The molecule has 3 aromatic carbocycles. The molecule has 0 spiro atoms. The van der Waals surface area contributed by atoms with Crippen LogP contribution in [0.4, 0.5) is 0 Å². The molecular formula is C41H51N3O3. The molecule has 3 amide bonds. The molecule has 248 valence electrons. The van der Waals surface area contributed by atoms with Crippen LogP contribution in [0.25, 0.3) is 11.1 Å². The molecule has 0 aliphatic heterocycles. The maximum atomic E-state index is 14.0. The number of carbonyl (C=O) groups is 3. The van der Waals surface area contributed by atoms with Gasteiger partial charge < -0.3 is 16.0 Å². The van der Waals surface area contributed by atoms with Crippen LogP contribution in [-0.2, 0) is 15.0 Å². The van der Waals surface area contributed by atoms with E-state index in [0.29, 0.717) is 12.1 Å². The van der Waals surface area contributed by atoms with Crippen molar-refractivity contribution in [3.05, 3.63) is 95.6 Å². The molecule has 0 aromatic heterocycles. The van der Waals surface area contributed by atoms with Gasteiger partial charge in [-0.2, -0.15) is 0 Å². The van der Waals surface area contributed by atoms with Gasteiger partial charge in [0.05, 0.1) is 0 Å². The molecule has 6 heteroatoms. The Morgan fingerprint density at radius 3 is 2.02 bits per heavy atom. The Labute approximate surface area is 280 Å². The third-order valence-corrected chi connectivity index (χ3v) is 11.4. The second-order valence-electron chi connectivity index (χ2n) is 15.5. The van der Waals surface area contributed by atoms with Crippen LogP contribution >= 0.6 is 0 Å². The van der Waals surface area contributed by atoms with Crippen LogP contribution in [0.5, 0.6) is 0 Å². The Balaban J connectivity index is 1.08. The van der Waals surface area contributed by atoms with Gasteiger partial charge in [0, 0.05) is 23.6 Å². The molecule has 0 saturated heterocycles. The average molecular weight is 634 g/mol. The van der Waals surface area contributed by atoms with Gasteiger partial charge in [-0.1, -0.05) is 113 Å². The summed E-state index contributed by atoms with van der Waals surface area (Å²) in [6.45, 7) is 7.22. The van der Waals surface area contributed by atoms with E-state index in [2.05, 4.69) is 61.0 Å². The zero-order valence-electron chi connectivity index (χ0n) is 28.4. The number of nitrogens with one attached hydrogen (secondary N) is 3. The third kappa shape index (κ3) is 7.32. The predicted molar refractivity (Wildman–Crippen MR) is 188 cm³/mol. The Morgan fingerprint density at radius 2 is 1.38 bits per heavy atom. The zero-order chi connectivity index (χ0) is 33.1. The minimum Gasteiger partial charge on any atom is -0.351 e. The number of benzene rings is 3. The Morgan fingerprint density at radius 1 is 0.766 bits per heavy atom. The van der Waals surface area contributed by atoms with Gasteiger partial charge >= 0.3 is 0 Å². The number of carbonyl (C=O) groups excluding carboxylic acids is 3. The molecule has 3 aromatic rings. The molecule has 0 unspecified atom stereocenters. The van der Waals surface area contributed by atoms with Crippen LogP contribution in [0.15, 0.2) is 78.9 Å². The van der Waals surface area contributed by atoms with E-state index in [4.69, 9.17) is 0 Å². The van der Waals surface area contributed by atoms with E-state index in [0.717, 1.165) is 80.9 Å². The van der Waals surface area contributed by atoms with E-state index in [-0.39, 0.29) is 34.6 Å². The highest BCUT2D eigenvalue weighted by atomic mass is 16.2. The molecule has 4 saturated carbocycles. The number of hydrogen-bond acceptors (Lipinski definition) is 3. The van der Waals surface area contributed by atoms with Gasteiger partial charge in [-0.3, -0.25) is 14.4 Å². The third-order valence-electron chi connectivity index (χ3n) is 11.4. The molecule has 4 aliphatic rings. The van der Waals surface area contributed by atoms with E-state index in [1.54, 1.807) is 0 Å². The minimum atomic E-state index is -0.697. The fourth-order valence-corrected chi connectivity index (χ4v) is 8.08. The van der Waals surface area contributed by atoms with Crippen LogP contribution in [-0.4, -0.2) is 30.3 Å². The molecular weight excluding hydrogens is 582 g/mol. The van der Waals surface area contributed by atoms with Gasteiger partial charge in [-0.25, -0.2) is 0 Å². The molecule has 3 N–H and O–H groups in total. The first-order chi connectivity index (χ1) is 22.6. The summed E-state index contributed by atoms with van der Waals surface area (Å²) in [5.41, 5.74) is 4.35. The Bertz CT molecular complexity index is 1540. The topological polar surface area (TPSA) is 87.3 Å². The molecule has 0 radical (unpaired) electrons. The fourth-order valence-electron chi connectivity index (χ4n) is 8.08. The second kappa shape index (κ2) is 13.7. The van der Waals surface area contributed by atoms with E-state index >= 15 is 0 Å². The molecule has 2 bridgehead atoms. The highest BCUT2D eigenvalue weighted by molar-refractivity contribution is 6.01. The first-order valence-electron chi connectivity index (χ1n) is 17.7. The number of fused-ring (bicyclic) bond motifs is 3. The van der Waals surface area contributed by atoms with Gasteiger partial charge in [0.15, 0.2) is 0 Å². The van der Waals surface area contributed by atoms with Crippen LogP contribution in [0.1, 0.15) is 119 Å². The summed E-state index contributed by atoms with van der Waals surface area (Å²) < 4.78 is 0. The van der Waals surface area contributed by atoms with Gasteiger partial charge in [0.1, 0.15) is 6.04 Å². The Kier molecular flexibility index (Phi) is 9.59. The summed E-state index contributed by atoms with van der Waals surface area (Å²) in [6, 6.07) is 25.5. The van der Waals surface area contributed by atoms with Crippen molar-refractivity contribution in [3.63, 3.8) is 0 Å². The number of hydrogen-bond donors (Lipinski definition) is 3.